The maximum Gasteiger partial charge on any atom is 0.223 e. The summed E-state index contributed by atoms with van der Waals surface area (Å²) in [6, 6.07) is 8.15. The van der Waals surface area contributed by atoms with Gasteiger partial charge in [0.15, 0.2) is 0 Å². The van der Waals surface area contributed by atoms with Gasteiger partial charge in [0.05, 0.1) is 13.2 Å². The molecule has 3 rings (SSSR count). The number of rotatable bonds is 6. The van der Waals surface area contributed by atoms with Gasteiger partial charge in [0.2, 0.25) is 5.91 Å². The van der Waals surface area contributed by atoms with Crippen LogP contribution in [0.5, 0.6) is 5.75 Å². The fraction of sp³-hybridized carbons (Fsp3) is 0.438. The van der Waals surface area contributed by atoms with Gasteiger partial charge in [-0.3, -0.25) is 9.48 Å². The molecule has 0 radical (unpaired) electrons. The van der Waals surface area contributed by atoms with E-state index in [-0.39, 0.29) is 11.9 Å². The van der Waals surface area contributed by atoms with E-state index >= 15 is 0 Å². The Morgan fingerprint density at radius 2 is 2.36 bits per heavy atom. The molecule has 1 aromatic carbocycles. The number of carbonyl (C=O) groups is 1. The van der Waals surface area contributed by atoms with Gasteiger partial charge in [-0.1, -0.05) is 12.1 Å². The maximum absolute atomic E-state index is 12.3. The van der Waals surface area contributed by atoms with E-state index in [1.165, 1.54) is 6.33 Å². The summed E-state index contributed by atoms with van der Waals surface area (Å²) in [5.41, 5.74) is 1.15. The van der Waals surface area contributed by atoms with E-state index in [0.29, 0.717) is 6.42 Å². The van der Waals surface area contributed by atoms with Crippen LogP contribution in [-0.2, 0) is 11.3 Å². The number of aromatic nitrogens is 3. The summed E-state index contributed by atoms with van der Waals surface area (Å²) in [4.78, 5) is 18.2. The molecule has 1 amide bonds. The Kier molecular flexibility index (Phi) is 4.37. The molecule has 1 unspecified atom stereocenters. The Morgan fingerprint density at radius 3 is 3.05 bits per heavy atom. The second-order valence-corrected chi connectivity index (χ2v) is 5.43. The van der Waals surface area contributed by atoms with Crippen molar-refractivity contribution < 1.29 is 9.53 Å². The smallest absolute Gasteiger partial charge is 0.223 e. The van der Waals surface area contributed by atoms with Crippen molar-refractivity contribution in [3.63, 3.8) is 0 Å². The van der Waals surface area contributed by atoms with Crippen molar-refractivity contribution in [2.75, 3.05) is 13.7 Å². The molecule has 1 aliphatic rings. The van der Waals surface area contributed by atoms with Crippen LogP contribution in [0.2, 0.25) is 0 Å². The number of benzene rings is 1. The van der Waals surface area contributed by atoms with E-state index in [2.05, 4.69) is 16.1 Å². The van der Waals surface area contributed by atoms with E-state index < -0.39 is 0 Å². The molecule has 1 fully saturated rings. The third kappa shape index (κ3) is 3.10. The van der Waals surface area contributed by atoms with Crippen LogP contribution in [0.4, 0.5) is 0 Å². The summed E-state index contributed by atoms with van der Waals surface area (Å²) in [5.74, 6) is 1.04. The largest absolute Gasteiger partial charge is 0.497 e. The minimum absolute atomic E-state index is 0.189. The molecule has 6 nitrogen and oxygen atoms in total. The molecule has 0 N–H and O–H groups in total. The molecule has 116 valence electrons. The van der Waals surface area contributed by atoms with Crippen LogP contribution in [-0.4, -0.2) is 39.2 Å². The molecule has 2 heterocycles. The highest BCUT2D eigenvalue weighted by Crippen LogP contribution is 2.35. The summed E-state index contributed by atoms with van der Waals surface area (Å²) in [6.45, 7) is 1.56. The van der Waals surface area contributed by atoms with Gasteiger partial charge < -0.3 is 9.64 Å². The predicted octanol–water partition coefficient (Wildman–Crippen LogP) is 2.04. The van der Waals surface area contributed by atoms with Gasteiger partial charge in [0.1, 0.15) is 18.4 Å². The fourth-order valence-corrected chi connectivity index (χ4v) is 2.77. The van der Waals surface area contributed by atoms with Crippen molar-refractivity contribution in [3.05, 3.63) is 42.5 Å². The molecular weight excluding hydrogens is 280 g/mol. The Hall–Kier alpha value is -2.37. The van der Waals surface area contributed by atoms with Gasteiger partial charge in [-0.2, -0.15) is 5.10 Å². The lowest BCUT2D eigenvalue weighted by molar-refractivity contribution is -0.139. The molecular formula is C16H20N4O2. The minimum atomic E-state index is 0.189. The summed E-state index contributed by atoms with van der Waals surface area (Å²) in [6.07, 6.45) is 5.52. The SMILES string of the molecule is COc1cccc(C2CCN2C(=O)CCCn2cncn2)c1. The zero-order valence-electron chi connectivity index (χ0n) is 12.7. The van der Waals surface area contributed by atoms with Crippen LogP contribution in [0.25, 0.3) is 0 Å². The quantitative estimate of drug-likeness (QED) is 0.819. The number of ether oxygens (including phenoxy) is 1. The molecule has 6 heteroatoms. The average molecular weight is 300 g/mol. The number of aryl methyl sites for hydroxylation is 1. The minimum Gasteiger partial charge on any atom is -0.497 e. The number of amides is 1. The summed E-state index contributed by atoms with van der Waals surface area (Å²) < 4.78 is 7.01. The standard InChI is InChI=1S/C16H20N4O2/c1-22-14-5-2-4-13(10-14)15-7-9-20(15)16(21)6-3-8-19-12-17-11-18-19/h2,4-5,10-12,15H,3,6-9H2,1H3. The van der Waals surface area contributed by atoms with E-state index in [1.807, 2.05) is 23.1 Å². The Balaban J connectivity index is 1.54. The lowest BCUT2D eigenvalue weighted by Crippen LogP contribution is -2.45. The van der Waals surface area contributed by atoms with Crippen molar-refractivity contribution in [1.82, 2.24) is 19.7 Å². The second kappa shape index (κ2) is 6.60. The van der Waals surface area contributed by atoms with Gasteiger partial charge >= 0.3 is 0 Å². The maximum atomic E-state index is 12.3. The lowest BCUT2D eigenvalue weighted by Gasteiger charge is -2.41. The highest BCUT2D eigenvalue weighted by Gasteiger charge is 2.32. The molecule has 0 aliphatic carbocycles. The molecule has 1 saturated heterocycles. The summed E-state index contributed by atoms with van der Waals surface area (Å²) in [5, 5.41) is 4.04. The zero-order valence-corrected chi connectivity index (χ0v) is 12.7. The number of methoxy groups -OCH3 is 1. The molecule has 22 heavy (non-hydrogen) atoms. The lowest BCUT2D eigenvalue weighted by atomic mass is 9.94. The van der Waals surface area contributed by atoms with Gasteiger partial charge in [-0.05, 0) is 30.5 Å². The molecule has 2 aromatic rings. The predicted molar refractivity (Wildman–Crippen MR) is 81.3 cm³/mol. The van der Waals surface area contributed by atoms with Crippen LogP contribution in [0, 0.1) is 0 Å². The van der Waals surface area contributed by atoms with Crippen LogP contribution < -0.4 is 4.74 Å². The summed E-state index contributed by atoms with van der Waals surface area (Å²) >= 11 is 0. The van der Waals surface area contributed by atoms with Gasteiger partial charge in [-0.15, -0.1) is 0 Å². The first-order valence-corrected chi connectivity index (χ1v) is 7.54. The first-order chi connectivity index (χ1) is 10.8. The third-order valence-corrected chi connectivity index (χ3v) is 4.06. The average Bonchev–Trinajstić information content (AvgIpc) is 2.99. The van der Waals surface area contributed by atoms with Crippen molar-refractivity contribution in [2.24, 2.45) is 0 Å². The number of likely N-dealkylation sites (tertiary alicyclic amines) is 1. The second-order valence-electron chi connectivity index (χ2n) is 5.43. The highest BCUT2D eigenvalue weighted by molar-refractivity contribution is 5.77. The van der Waals surface area contributed by atoms with E-state index in [1.54, 1.807) is 18.1 Å². The van der Waals surface area contributed by atoms with Crippen LogP contribution >= 0.6 is 0 Å². The first kappa shape index (κ1) is 14.6. The number of hydrogen-bond donors (Lipinski definition) is 0. The Labute approximate surface area is 129 Å². The van der Waals surface area contributed by atoms with Crippen LogP contribution in [0.15, 0.2) is 36.9 Å². The number of hydrogen-bond acceptors (Lipinski definition) is 4. The van der Waals surface area contributed by atoms with Crippen molar-refractivity contribution in [1.29, 1.82) is 0 Å². The van der Waals surface area contributed by atoms with Crippen molar-refractivity contribution >= 4 is 5.91 Å². The molecule has 0 spiro atoms. The summed E-state index contributed by atoms with van der Waals surface area (Å²) in [7, 11) is 1.66. The first-order valence-electron chi connectivity index (χ1n) is 7.54. The highest BCUT2D eigenvalue weighted by atomic mass is 16.5. The third-order valence-electron chi connectivity index (χ3n) is 4.06. The molecule has 1 aliphatic heterocycles. The van der Waals surface area contributed by atoms with Gasteiger partial charge in [-0.25, -0.2) is 4.98 Å². The molecule has 1 atom stereocenters. The molecule has 1 aromatic heterocycles. The van der Waals surface area contributed by atoms with E-state index in [4.69, 9.17) is 4.74 Å². The molecule has 0 bridgehead atoms. The van der Waals surface area contributed by atoms with E-state index in [9.17, 15) is 4.79 Å². The fourth-order valence-electron chi connectivity index (χ4n) is 2.77. The van der Waals surface area contributed by atoms with Gasteiger partial charge in [0.25, 0.3) is 0 Å². The number of carbonyl (C=O) groups excluding carboxylic acids is 1. The van der Waals surface area contributed by atoms with Gasteiger partial charge in [0, 0.05) is 19.5 Å². The zero-order chi connectivity index (χ0) is 15.4. The number of nitrogens with zero attached hydrogens (tertiary/aromatic N) is 4. The monoisotopic (exact) mass is 300 g/mol. The normalized spacial score (nSPS) is 17.1. The van der Waals surface area contributed by atoms with Crippen molar-refractivity contribution in [2.45, 2.75) is 31.8 Å². The Morgan fingerprint density at radius 1 is 1.45 bits per heavy atom. The van der Waals surface area contributed by atoms with E-state index in [0.717, 1.165) is 37.2 Å². The van der Waals surface area contributed by atoms with Crippen LogP contribution in [0.1, 0.15) is 30.9 Å². The topological polar surface area (TPSA) is 60.2 Å². The van der Waals surface area contributed by atoms with Crippen molar-refractivity contribution in [3.8, 4) is 5.75 Å². The van der Waals surface area contributed by atoms with Crippen LogP contribution in [0.3, 0.4) is 0 Å². The Bertz CT molecular complexity index is 627. The molecule has 0 saturated carbocycles.